The van der Waals surface area contributed by atoms with Crippen molar-refractivity contribution in [2.75, 3.05) is 13.1 Å². The van der Waals surface area contributed by atoms with Gasteiger partial charge in [-0.1, -0.05) is 29.8 Å². The Hall–Kier alpha value is -1.39. The molecule has 4 nitrogen and oxygen atoms in total. The Bertz CT molecular complexity index is 434. The van der Waals surface area contributed by atoms with Crippen LogP contribution < -0.4 is 5.73 Å². The summed E-state index contributed by atoms with van der Waals surface area (Å²) < 4.78 is 5.63. The average molecular weight is 262 g/mol. The Morgan fingerprint density at radius 2 is 1.79 bits per heavy atom. The Morgan fingerprint density at radius 3 is 2.32 bits per heavy atom. The molecule has 1 unspecified atom stereocenters. The van der Waals surface area contributed by atoms with Gasteiger partial charge in [0.15, 0.2) is 0 Å². The fourth-order valence-electron chi connectivity index (χ4n) is 2.47. The molecule has 2 N–H and O–H groups in total. The lowest BCUT2D eigenvalue weighted by atomic mass is 10.0. The maximum absolute atomic E-state index is 12.4. The van der Waals surface area contributed by atoms with Gasteiger partial charge in [-0.3, -0.25) is 4.79 Å². The molecule has 1 amide bonds. The highest BCUT2D eigenvalue weighted by atomic mass is 16.5. The number of hydrogen-bond donors (Lipinski definition) is 1. The van der Waals surface area contributed by atoms with Crippen molar-refractivity contribution in [2.24, 2.45) is 5.73 Å². The summed E-state index contributed by atoms with van der Waals surface area (Å²) in [5.74, 6) is -0.0224. The lowest BCUT2D eigenvalue weighted by Crippen LogP contribution is -2.50. The van der Waals surface area contributed by atoms with Gasteiger partial charge in [0.2, 0.25) is 5.91 Å². The number of nitrogens with two attached hydrogens (primary N) is 1. The summed E-state index contributed by atoms with van der Waals surface area (Å²) >= 11 is 0. The van der Waals surface area contributed by atoms with Gasteiger partial charge in [0.05, 0.1) is 12.2 Å². The van der Waals surface area contributed by atoms with Gasteiger partial charge in [0.1, 0.15) is 6.04 Å². The maximum Gasteiger partial charge on any atom is 0.244 e. The smallest absolute Gasteiger partial charge is 0.244 e. The quantitative estimate of drug-likeness (QED) is 0.881. The molecule has 1 aliphatic rings. The normalized spacial score (nSPS) is 25.2. The highest BCUT2D eigenvalue weighted by molar-refractivity contribution is 5.83. The van der Waals surface area contributed by atoms with Crippen LogP contribution in [-0.4, -0.2) is 36.1 Å². The minimum absolute atomic E-state index is 0.0224. The molecule has 104 valence electrons. The number of carbonyl (C=O) groups excluding carboxylic acids is 1. The van der Waals surface area contributed by atoms with Gasteiger partial charge in [0, 0.05) is 13.1 Å². The molecule has 1 heterocycles. The third-order valence-corrected chi connectivity index (χ3v) is 3.43. The molecule has 4 heteroatoms. The molecule has 0 aromatic heterocycles. The number of morpholine rings is 1. The lowest BCUT2D eigenvalue weighted by molar-refractivity contribution is -0.144. The van der Waals surface area contributed by atoms with Crippen molar-refractivity contribution in [3.8, 4) is 0 Å². The molecule has 1 fully saturated rings. The van der Waals surface area contributed by atoms with Crippen molar-refractivity contribution >= 4 is 5.91 Å². The average Bonchev–Trinajstić information content (AvgIpc) is 2.37. The third kappa shape index (κ3) is 3.33. The molecule has 3 atom stereocenters. The van der Waals surface area contributed by atoms with Crippen molar-refractivity contribution in [2.45, 2.75) is 39.0 Å². The minimum atomic E-state index is -0.585. The maximum atomic E-state index is 12.4. The van der Waals surface area contributed by atoms with Crippen LogP contribution in [0.3, 0.4) is 0 Å². The van der Waals surface area contributed by atoms with Crippen molar-refractivity contribution in [1.29, 1.82) is 0 Å². The summed E-state index contributed by atoms with van der Waals surface area (Å²) in [6.45, 7) is 7.20. The van der Waals surface area contributed by atoms with E-state index in [1.54, 1.807) is 0 Å². The zero-order valence-corrected chi connectivity index (χ0v) is 11.8. The van der Waals surface area contributed by atoms with E-state index in [1.165, 1.54) is 0 Å². The van der Waals surface area contributed by atoms with E-state index in [4.69, 9.17) is 10.5 Å². The fraction of sp³-hybridized carbons (Fsp3) is 0.533. The van der Waals surface area contributed by atoms with E-state index in [-0.39, 0.29) is 18.1 Å². The van der Waals surface area contributed by atoms with Gasteiger partial charge in [-0.15, -0.1) is 0 Å². The van der Waals surface area contributed by atoms with Gasteiger partial charge >= 0.3 is 0 Å². The van der Waals surface area contributed by atoms with E-state index >= 15 is 0 Å². The first kappa shape index (κ1) is 14.0. The summed E-state index contributed by atoms with van der Waals surface area (Å²) in [6, 6.07) is 7.22. The molecular weight excluding hydrogens is 240 g/mol. The molecule has 1 aromatic rings. The molecular formula is C15H22N2O2. The van der Waals surface area contributed by atoms with Crippen LogP contribution in [0.1, 0.15) is 31.0 Å². The molecule has 1 aliphatic heterocycles. The number of benzene rings is 1. The Kier molecular flexibility index (Phi) is 4.22. The number of rotatable bonds is 2. The van der Waals surface area contributed by atoms with Crippen LogP contribution in [0.2, 0.25) is 0 Å². The second kappa shape index (κ2) is 5.72. The second-order valence-electron chi connectivity index (χ2n) is 5.39. The van der Waals surface area contributed by atoms with Gasteiger partial charge in [-0.05, 0) is 26.3 Å². The van der Waals surface area contributed by atoms with Gasteiger partial charge in [-0.2, -0.15) is 0 Å². The van der Waals surface area contributed by atoms with Crippen LogP contribution in [0.15, 0.2) is 24.3 Å². The van der Waals surface area contributed by atoms with Crippen LogP contribution in [0.4, 0.5) is 0 Å². The molecule has 0 saturated carbocycles. The van der Waals surface area contributed by atoms with Crippen molar-refractivity contribution in [3.05, 3.63) is 35.4 Å². The Labute approximate surface area is 114 Å². The van der Waals surface area contributed by atoms with Crippen molar-refractivity contribution < 1.29 is 9.53 Å². The van der Waals surface area contributed by atoms with Crippen LogP contribution in [0.25, 0.3) is 0 Å². The highest BCUT2D eigenvalue weighted by Gasteiger charge is 2.29. The number of nitrogens with zero attached hydrogens (tertiary/aromatic N) is 1. The van der Waals surface area contributed by atoms with Crippen LogP contribution in [0.5, 0.6) is 0 Å². The Balaban J connectivity index is 2.08. The zero-order chi connectivity index (χ0) is 14.0. The fourth-order valence-corrected chi connectivity index (χ4v) is 2.47. The standard InChI is InChI=1S/C15H22N2O2/c1-10-4-6-13(7-5-10)14(16)15(18)17-8-11(2)19-12(3)9-17/h4-7,11-12,14H,8-9,16H2,1-3H3/t11-,12+,14?. The molecule has 0 spiro atoms. The topological polar surface area (TPSA) is 55.6 Å². The zero-order valence-electron chi connectivity index (χ0n) is 11.8. The third-order valence-electron chi connectivity index (χ3n) is 3.43. The van der Waals surface area contributed by atoms with E-state index in [0.29, 0.717) is 13.1 Å². The first-order chi connectivity index (χ1) is 8.97. The molecule has 1 aromatic carbocycles. The molecule has 0 aliphatic carbocycles. The predicted molar refractivity (Wildman–Crippen MR) is 74.7 cm³/mol. The molecule has 19 heavy (non-hydrogen) atoms. The summed E-state index contributed by atoms with van der Waals surface area (Å²) in [4.78, 5) is 14.2. The Morgan fingerprint density at radius 1 is 1.26 bits per heavy atom. The number of ether oxygens (including phenoxy) is 1. The van der Waals surface area contributed by atoms with E-state index in [1.807, 2.05) is 49.9 Å². The molecule has 1 saturated heterocycles. The summed E-state index contributed by atoms with van der Waals surface area (Å²) in [7, 11) is 0. The summed E-state index contributed by atoms with van der Waals surface area (Å²) in [6.07, 6.45) is 0.135. The van der Waals surface area contributed by atoms with Gasteiger partial charge in [0.25, 0.3) is 0 Å². The van der Waals surface area contributed by atoms with E-state index < -0.39 is 6.04 Å². The number of carbonyl (C=O) groups is 1. The number of aryl methyl sites for hydroxylation is 1. The highest BCUT2D eigenvalue weighted by Crippen LogP contribution is 2.18. The van der Waals surface area contributed by atoms with Gasteiger partial charge < -0.3 is 15.4 Å². The predicted octanol–water partition coefficient (Wildman–Crippen LogP) is 1.63. The van der Waals surface area contributed by atoms with Crippen molar-refractivity contribution in [1.82, 2.24) is 4.90 Å². The van der Waals surface area contributed by atoms with Crippen LogP contribution >= 0.6 is 0 Å². The largest absolute Gasteiger partial charge is 0.372 e. The molecule has 0 radical (unpaired) electrons. The molecule has 0 bridgehead atoms. The first-order valence-electron chi connectivity index (χ1n) is 6.73. The lowest BCUT2D eigenvalue weighted by Gasteiger charge is -2.36. The summed E-state index contributed by atoms with van der Waals surface area (Å²) in [5, 5.41) is 0. The van der Waals surface area contributed by atoms with E-state index in [9.17, 15) is 4.79 Å². The molecule has 2 rings (SSSR count). The number of hydrogen-bond acceptors (Lipinski definition) is 3. The van der Waals surface area contributed by atoms with E-state index in [2.05, 4.69) is 0 Å². The SMILES string of the molecule is Cc1ccc(C(N)C(=O)N2C[C@@H](C)O[C@@H](C)C2)cc1. The van der Waals surface area contributed by atoms with Crippen LogP contribution in [0, 0.1) is 6.92 Å². The minimum Gasteiger partial charge on any atom is -0.372 e. The summed E-state index contributed by atoms with van der Waals surface area (Å²) in [5.41, 5.74) is 8.11. The number of amides is 1. The van der Waals surface area contributed by atoms with E-state index in [0.717, 1.165) is 11.1 Å². The van der Waals surface area contributed by atoms with Crippen LogP contribution in [-0.2, 0) is 9.53 Å². The van der Waals surface area contributed by atoms with Gasteiger partial charge in [-0.25, -0.2) is 0 Å². The van der Waals surface area contributed by atoms with Crippen molar-refractivity contribution in [3.63, 3.8) is 0 Å². The monoisotopic (exact) mass is 262 g/mol. The second-order valence-corrected chi connectivity index (χ2v) is 5.39. The first-order valence-corrected chi connectivity index (χ1v) is 6.73.